The van der Waals surface area contributed by atoms with E-state index in [0.717, 1.165) is 5.56 Å². The number of nitrogens with zero attached hydrogens (tertiary/aromatic N) is 3. The molecule has 3 rings (SSSR count). The molecule has 2 heterocycles. The van der Waals surface area contributed by atoms with E-state index in [1.54, 1.807) is 13.1 Å². The van der Waals surface area contributed by atoms with Crippen LogP contribution < -0.4 is 5.32 Å². The highest BCUT2D eigenvalue weighted by Gasteiger charge is 2.21. The maximum atomic E-state index is 5.73. The molecule has 0 amide bonds. The van der Waals surface area contributed by atoms with Crippen LogP contribution in [0.3, 0.4) is 0 Å². The first-order valence-electron chi connectivity index (χ1n) is 6.27. The normalized spacial score (nSPS) is 12.5. The summed E-state index contributed by atoms with van der Waals surface area (Å²) < 4.78 is 10.7. The molecule has 0 aliphatic rings. The molecule has 3 aromatic rings. The van der Waals surface area contributed by atoms with Gasteiger partial charge in [0, 0.05) is 0 Å². The Hall–Kier alpha value is -2.47. The molecule has 0 aliphatic heterocycles. The minimum Gasteiger partial charge on any atom is -0.418 e. The second kappa shape index (κ2) is 5.26. The number of hydrogen-bond donors (Lipinski definition) is 1. The summed E-state index contributed by atoms with van der Waals surface area (Å²) in [7, 11) is 1.85. The molecule has 0 saturated carbocycles. The van der Waals surface area contributed by atoms with E-state index in [1.807, 2.05) is 37.4 Å². The summed E-state index contributed by atoms with van der Waals surface area (Å²) in [5.74, 6) is 1.57. The second-order valence-corrected chi connectivity index (χ2v) is 4.37. The van der Waals surface area contributed by atoms with Crippen LogP contribution >= 0.6 is 0 Å². The molecule has 1 unspecified atom stereocenters. The third-order valence-electron chi connectivity index (χ3n) is 3.09. The third-order valence-corrected chi connectivity index (χ3v) is 3.09. The molecule has 1 aromatic carbocycles. The van der Waals surface area contributed by atoms with Crippen molar-refractivity contribution in [3.05, 3.63) is 53.7 Å². The van der Waals surface area contributed by atoms with Crippen molar-refractivity contribution in [1.29, 1.82) is 0 Å². The summed E-state index contributed by atoms with van der Waals surface area (Å²) >= 11 is 0. The molecular weight excluding hydrogens is 256 g/mol. The first-order valence-corrected chi connectivity index (χ1v) is 6.27. The maximum Gasteiger partial charge on any atom is 0.253 e. The van der Waals surface area contributed by atoms with Crippen LogP contribution in [-0.2, 0) is 0 Å². The zero-order valence-electron chi connectivity index (χ0n) is 11.2. The lowest BCUT2D eigenvalue weighted by Gasteiger charge is -2.11. The van der Waals surface area contributed by atoms with E-state index in [1.165, 1.54) is 0 Å². The second-order valence-electron chi connectivity index (χ2n) is 4.37. The summed E-state index contributed by atoms with van der Waals surface area (Å²) in [5, 5.41) is 15.1. The van der Waals surface area contributed by atoms with Crippen LogP contribution in [0.1, 0.15) is 23.3 Å². The Kier molecular flexibility index (Phi) is 3.30. The predicted molar refractivity (Wildman–Crippen MR) is 71.9 cm³/mol. The number of nitrogens with one attached hydrogen (secondary N) is 1. The monoisotopic (exact) mass is 270 g/mol. The topological polar surface area (TPSA) is 77.0 Å². The first kappa shape index (κ1) is 12.6. The van der Waals surface area contributed by atoms with Crippen LogP contribution in [0.5, 0.6) is 0 Å². The fourth-order valence-electron chi connectivity index (χ4n) is 2.04. The van der Waals surface area contributed by atoms with Crippen LogP contribution in [0.4, 0.5) is 0 Å². The highest BCUT2D eigenvalue weighted by Crippen LogP contribution is 2.26. The van der Waals surface area contributed by atoms with Crippen LogP contribution in [0.2, 0.25) is 0 Å². The molecule has 102 valence electrons. The van der Waals surface area contributed by atoms with Crippen molar-refractivity contribution in [2.45, 2.75) is 13.0 Å². The SMILES string of the molecule is CNC(c1ccccc1)c1nnc(-c2cnoc2C)o1. The molecule has 1 atom stereocenters. The van der Waals surface area contributed by atoms with Gasteiger partial charge in [0.25, 0.3) is 5.89 Å². The van der Waals surface area contributed by atoms with Crippen molar-refractivity contribution in [3.63, 3.8) is 0 Å². The van der Waals surface area contributed by atoms with Gasteiger partial charge in [0.1, 0.15) is 17.4 Å². The predicted octanol–water partition coefficient (Wildman–Crippen LogP) is 2.34. The van der Waals surface area contributed by atoms with E-state index in [-0.39, 0.29) is 6.04 Å². The fraction of sp³-hybridized carbons (Fsp3) is 0.214. The van der Waals surface area contributed by atoms with Gasteiger partial charge < -0.3 is 14.3 Å². The van der Waals surface area contributed by atoms with Crippen molar-refractivity contribution in [2.24, 2.45) is 0 Å². The zero-order valence-corrected chi connectivity index (χ0v) is 11.2. The van der Waals surface area contributed by atoms with Crippen molar-refractivity contribution in [3.8, 4) is 11.5 Å². The van der Waals surface area contributed by atoms with Crippen molar-refractivity contribution in [2.75, 3.05) is 7.05 Å². The lowest BCUT2D eigenvalue weighted by atomic mass is 10.1. The Bertz CT molecular complexity index is 690. The molecular formula is C14H14N4O2. The van der Waals surface area contributed by atoms with Crippen molar-refractivity contribution in [1.82, 2.24) is 20.7 Å². The smallest absolute Gasteiger partial charge is 0.253 e. The molecule has 0 spiro atoms. The third kappa shape index (κ3) is 2.21. The number of aromatic nitrogens is 3. The Balaban J connectivity index is 1.95. The summed E-state index contributed by atoms with van der Waals surface area (Å²) in [6.07, 6.45) is 1.57. The molecule has 0 saturated heterocycles. The Labute approximate surface area is 115 Å². The summed E-state index contributed by atoms with van der Waals surface area (Å²) in [4.78, 5) is 0. The van der Waals surface area contributed by atoms with E-state index in [9.17, 15) is 0 Å². The van der Waals surface area contributed by atoms with Crippen LogP contribution in [0, 0.1) is 6.92 Å². The van der Waals surface area contributed by atoms with E-state index in [4.69, 9.17) is 8.94 Å². The number of hydrogen-bond acceptors (Lipinski definition) is 6. The van der Waals surface area contributed by atoms with Gasteiger partial charge in [0.15, 0.2) is 0 Å². The van der Waals surface area contributed by atoms with Gasteiger partial charge in [-0.2, -0.15) is 0 Å². The number of aryl methyl sites for hydroxylation is 1. The van der Waals surface area contributed by atoms with Gasteiger partial charge in [-0.1, -0.05) is 35.5 Å². The van der Waals surface area contributed by atoms with E-state index < -0.39 is 0 Å². The fourth-order valence-corrected chi connectivity index (χ4v) is 2.04. The minimum atomic E-state index is -0.141. The quantitative estimate of drug-likeness (QED) is 0.784. The van der Waals surface area contributed by atoms with Crippen molar-refractivity contribution >= 4 is 0 Å². The molecule has 0 bridgehead atoms. The van der Waals surface area contributed by atoms with Gasteiger partial charge >= 0.3 is 0 Å². The molecule has 0 fully saturated rings. The summed E-state index contributed by atoms with van der Waals surface area (Å²) in [6.45, 7) is 1.80. The highest BCUT2D eigenvalue weighted by molar-refractivity contribution is 5.53. The van der Waals surface area contributed by atoms with Gasteiger partial charge in [-0.25, -0.2) is 0 Å². The largest absolute Gasteiger partial charge is 0.418 e. The summed E-state index contributed by atoms with van der Waals surface area (Å²) in [6, 6.07) is 9.79. The van der Waals surface area contributed by atoms with Gasteiger partial charge in [0.05, 0.1) is 6.20 Å². The van der Waals surface area contributed by atoms with Gasteiger partial charge in [-0.3, -0.25) is 0 Å². The maximum absolute atomic E-state index is 5.73. The standard InChI is InChI=1S/C14H14N4O2/c1-9-11(8-16-20-9)13-17-18-14(19-13)12(15-2)10-6-4-3-5-7-10/h3-8,12,15H,1-2H3. The van der Waals surface area contributed by atoms with Crippen LogP contribution in [-0.4, -0.2) is 22.4 Å². The molecule has 1 N–H and O–H groups in total. The lowest BCUT2D eigenvalue weighted by Crippen LogP contribution is -2.17. The molecule has 6 heteroatoms. The van der Waals surface area contributed by atoms with E-state index in [2.05, 4.69) is 20.7 Å². The van der Waals surface area contributed by atoms with Gasteiger partial charge in [0.2, 0.25) is 5.89 Å². The molecule has 0 aliphatic carbocycles. The molecule has 6 nitrogen and oxygen atoms in total. The van der Waals surface area contributed by atoms with Crippen LogP contribution in [0.25, 0.3) is 11.5 Å². The zero-order chi connectivity index (χ0) is 13.9. The van der Waals surface area contributed by atoms with E-state index in [0.29, 0.717) is 23.1 Å². The lowest BCUT2D eigenvalue weighted by molar-refractivity contribution is 0.397. The Morgan fingerprint density at radius 1 is 1.15 bits per heavy atom. The minimum absolute atomic E-state index is 0.141. The molecule has 0 radical (unpaired) electrons. The Morgan fingerprint density at radius 3 is 2.60 bits per heavy atom. The Morgan fingerprint density at radius 2 is 1.95 bits per heavy atom. The molecule has 2 aromatic heterocycles. The van der Waals surface area contributed by atoms with Crippen molar-refractivity contribution < 1.29 is 8.94 Å². The van der Waals surface area contributed by atoms with E-state index >= 15 is 0 Å². The number of benzene rings is 1. The average Bonchev–Trinajstić information content (AvgIpc) is 3.10. The van der Waals surface area contributed by atoms with Crippen LogP contribution in [0.15, 0.2) is 45.5 Å². The first-order chi connectivity index (χ1) is 9.79. The van der Waals surface area contributed by atoms with Gasteiger partial charge in [-0.05, 0) is 19.5 Å². The highest BCUT2D eigenvalue weighted by atomic mass is 16.5. The summed E-state index contributed by atoms with van der Waals surface area (Å²) in [5.41, 5.74) is 1.78. The number of rotatable bonds is 4. The average molecular weight is 270 g/mol. The molecule has 20 heavy (non-hydrogen) atoms. The van der Waals surface area contributed by atoms with Gasteiger partial charge in [-0.15, -0.1) is 10.2 Å².